The number of hydrogen-bond acceptors (Lipinski definition) is 7. The summed E-state index contributed by atoms with van der Waals surface area (Å²) in [6.45, 7) is 2.45. The van der Waals surface area contributed by atoms with E-state index >= 15 is 0 Å². The van der Waals surface area contributed by atoms with Gasteiger partial charge in [-0.05, 0) is 13.8 Å². The third-order valence-electron chi connectivity index (χ3n) is 2.23. The SMILES string of the molecule is CC(C)S(=O)(=O)c1nnn(CC(O)CO)c1N. The summed E-state index contributed by atoms with van der Waals surface area (Å²) in [6, 6.07) is 0. The molecule has 0 aliphatic carbocycles. The standard InChI is InChI=1S/C8H16N4O4S/c1-5(2)17(15,16)8-7(9)12(11-10-8)3-6(14)4-13/h5-6,13-14H,3-4,9H2,1-2H3. The fraction of sp³-hybridized carbons (Fsp3) is 0.750. The normalized spacial score (nSPS) is 14.2. The number of aliphatic hydroxyl groups excluding tert-OH is 2. The number of anilines is 1. The summed E-state index contributed by atoms with van der Waals surface area (Å²) in [5.74, 6) is -0.133. The maximum atomic E-state index is 11.8. The zero-order chi connectivity index (χ0) is 13.2. The van der Waals surface area contributed by atoms with Crippen LogP contribution in [-0.2, 0) is 16.4 Å². The lowest BCUT2D eigenvalue weighted by Gasteiger charge is -2.08. The minimum Gasteiger partial charge on any atom is -0.394 e. The highest BCUT2D eigenvalue weighted by Crippen LogP contribution is 2.19. The first kappa shape index (κ1) is 13.9. The van der Waals surface area contributed by atoms with E-state index in [1.54, 1.807) is 0 Å². The van der Waals surface area contributed by atoms with E-state index in [9.17, 15) is 13.5 Å². The Labute approximate surface area is 99.0 Å². The van der Waals surface area contributed by atoms with Crippen molar-refractivity contribution in [1.82, 2.24) is 15.0 Å². The molecule has 0 aromatic carbocycles. The molecule has 0 amide bonds. The number of nitrogens with two attached hydrogens (primary N) is 1. The van der Waals surface area contributed by atoms with Gasteiger partial charge in [0.25, 0.3) is 0 Å². The number of aromatic nitrogens is 3. The first-order chi connectivity index (χ1) is 7.80. The van der Waals surface area contributed by atoms with Crippen molar-refractivity contribution >= 4 is 15.7 Å². The van der Waals surface area contributed by atoms with Gasteiger partial charge in [0, 0.05) is 0 Å². The maximum Gasteiger partial charge on any atom is 0.221 e. The molecule has 1 aromatic heterocycles. The second-order valence-electron chi connectivity index (χ2n) is 3.89. The summed E-state index contributed by atoms with van der Waals surface area (Å²) in [7, 11) is -3.59. The van der Waals surface area contributed by atoms with Gasteiger partial charge in [-0.15, -0.1) is 5.10 Å². The Bertz CT molecular complexity index is 482. The van der Waals surface area contributed by atoms with E-state index in [0.717, 1.165) is 4.68 Å². The molecular weight excluding hydrogens is 248 g/mol. The van der Waals surface area contributed by atoms with Crippen LogP contribution in [0.25, 0.3) is 0 Å². The molecule has 0 fully saturated rings. The summed E-state index contributed by atoms with van der Waals surface area (Å²) in [5, 5.41) is 24.0. The molecule has 0 bridgehead atoms. The first-order valence-electron chi connectivity index (χ1n) is 5.02. The van der Waals surface area contributed by atoms with Gasteiger partial charge in [0.1, 0.15) is 0 Å². The molecule has 0 aliphatic rings. The Morgan fingerprint density at radius 1 is 1.47 bits per heavy atom. The van der Waals surface area contributed by atoms with Crippen LogP contribution in [0, 0.1) is 0 Å². The van der Waals surface area contributed by atoms with E-state index < -0.39 is 27.8 Å². The van der Waals surface area contributed by atoms with Crippen LogP contribution in [0.1, 0.15) is 13.8 Å². The molecule has 1 heterocycles. The quantitative estimate of drug-likeness (QED) is 0.583. The van der Waals surface area contributed by atoms with Crippen molar-refractivity contribution in [1.29, 1.82) is 0 Å². The highest BCUT2D eigenvalue weighted by Gasteiger charge is 2.27. The summed E-state index contributed by atoms with van der Waals surface area (Å²) >= 11 is 0. The molecule has 1 unspecified atom stereocenters. The average Bonchev–Trinajstić information content (AvgIpc) is 2.60. The summed E-state index contributed by atoms with van der Waals surface area (Å²) in [6.07, 6.45) is -1.06. The van der Waals surface area contributed by atoms with Crippen molar-refractivity contribution in [3.63, 3.8) is 0 Å². The van der Waals surface area contributed by atoms with E-state index in [0.29, 0.717) is 0 Å². The maximum absolute atomic E-state index is 11.8. The van der Waals surface area contributed by atoms with E-state index in [1.807, 2.05) is 0 Å². The zero-order valence-electron chi connectivity index (χ0n) is 9.61. The van der Waals surface area contributed by atoms with Crippen molar-refractivity contribution in [2.24, 2.45) is 0 Å². The van der Waals surface area contributed by atoms with Gasteiger partial charge in [-0.1, -0.05) is 5.21 Å². The van der Waals surface area contributed by atoms with Gasteiger partial charge in [0.15, 0.2) is 5.82 Å². The van der Waals surface area contributed by atoms with Crippen molar-refractivity contribution in [3.8, 4) is 0 Å². The summed E-state index contributed by atoms with van der Waals surface area (Å²) < 4.78 is 24.7. The zero-order valence-corrected chi connectivity index (χ0v) is 10.4. The molecule has 1 atom stereocenters. The Balaban J connectivity index is 3.08. The molecule has 4 N–H and O–H groups in total. The Morgan fingerprint density at radius 2 is 2.06 bits per heavy atom. The molecule has 8 nitrogen and oxygen atoms in total. The van der Waals surface area contributed by atoms with Crippen LogP contribution in [0.2, 0.25) is 0 Å². The fourth-order valence-corrected chi connectivity index (χ4v) is 2.12. The lowest BCUT2D eigenvalue weighted by atomic mass is 10.4. The van der Waals surface area contributed by atoms with Crippen LogP contribution in [0.4, 0.5) is 5.82 Å². The third-order valence-corrected chi connectivity index (χ3v) is 4.30. The largest absolute Gasteiger partial charge is 0.394 e. The number of aliphatic hydroxyl groups is 2. The number of sulfone groups is 1. The Kier molecular flexibility index (Phi) is 4.07. The van der Waals surface area contributed by atoms with E-state index in [4.69, 9.17) is 10.8 Å². The van der Waals surface area contributed by atoms with Crippen LogP contribution in [-0.4, -0.2) is 51.6 Å². The molecule has 9 heteroatoms. The average molecular weight is 264 g/mol. The smallest absolute Gasteiger partial charge is 0.221 e. The van der Waals surface area contributed by atoms with E-state index in [1.165, 1.54) is 13.8 Å². The van der Waals surface area contributed by atoms with Crippen molar-refractivity contribution in [2.75, 3.05) is 12.3 Å². The number of nitrogen functional groups attached to an aromatic ring is 1. The van der Waals surface area contributed by atoms with Gasteiger partial charge < -0.3 is 15.9 Å². The summed E-state index contributed by atoms with van der Waals surface area (Å²) in [4.78, 5) is 0. The molecule has 0 saturated heterocycles. The number of hydrogen-bond donors (Lipinski definition) is 3. The van der Waals surface area contributed by atoms with Crippen molar-refractivity contribution in [2.45, 2.75) is 36.8 Å². The van der Waals surface area contributed by atoms with Crippen molar-refractivity contribution in [3.05, 3.63) is 0 Å². The first-order valence-corrected chi connectivity index (χ1v) is 6.57. The molecule has 98 valence electrons. The van der Waals surface area contributed by atoms with Gasteiger partial charge in [-0.25, -0.2) is 13.1 Å². The van der Waals surface area contributed by atoms with Crippen LogP contribution in [0.3, 0.4) is 0 Å². The highest BCUT2D eigenvalue weighted by atomic mass is 32.2. The fourth-order valence-electron chi connectivity index (χ4n) is 1.12. The minimum atomic E-state index is -3.59. The molecule has 1 aromatic rings. The van der Waals surface area contributed by atoms with Crippen LogP contribution in [0.15, 0.2) is 5.03 Å². The van der Waals surface area contributed by atoms with Gasteiger partial charge >= 0.3 is 0 Å². The minimum absolute atomic E-state index is 0.108. The molecule has 0 spiro atoms. The highest BCUT2D eigenvalue weighted by molar-refractivity contribution is 7.92. The summed E-state index contributed by atoms with van der Waals surface area (Å²) in [5.41, 5.74) is 5.60. The Hall–Kier alpha value is -1.19. The number of rotatable bonds is 5. The van der Waals surface area contributed by atoms with Crippen LogP contribution < -0.4 is 5.73 Å². The number of nitrogens with zero attached hydrogens (tertiary/aromatic N) is 3. The van der Waals surface area contributed by atoms with Gasteiger partial charge in [0.2, 0.25) is 14.9 Å². The molecule has 0 aliphatic heterocycles. The monoisotopic (exact) mass is 264 g/mol. The second kappa shape index (κ2) is 4.98. The molecular formula is C8H16N4O4S. The lowest BCUT2D eigenvalue weighted by molar-refractivity contribution is 0.0783. The van der Waals surface area contributed by atoms with E-state index in [-0.39, 0.29) is 17.4 Å². The lowest BCUT2D eigenvalue weighted by Crippen LogP contribution is -2.22. The third kappa shape index (κ3) is 2.73. The van der Waals surface area contributed by atoms with Crippen LogP contribution in [0.5, 0.6) is 0 Å². The van der Waals surface area contributed by atoms with E-state index in [2.05, 4.69) is 10.3 Å². The predicted octanol–water partition coefficient (Wildman–Crippen LogP) is -1.60. The molecule has 17 heavy (non-hydrogen) atoms. The van der Waals surface area contributed by atoms with Gasteiger partial charge in [0.05, 0.1) is 24.5 Å². The van der Waals surface area contributed by atoms with Gasteiger partial charge in [-0.2, -0.15) is 0 Å². The molecule has 1 rings (SSSR count). The molecule has 0 saturated carbocycles. The predicted molar refractivity (Wildman–Crippen MR) is 59.8 cm³/mol. The topological polar surface area (TPSA) is 131 Å². The van der Waals surface area contributed by atoms with Gasteiger partial charge in [-0.3, -0.25) is 0 Å². The Morgan fingerprint density at radius 3 is 2.53 bits per heavy atom. The van der Waals surface area contributed by atoms with Crippen LogP contribution >= 0.6 is 0 Å². The molecule has 0 radical (unpaired) electrons. The second-order valence-corrected chi connectivity index (χ2v) is 6.31. The van der Waals surface area contributed by atoms with Crippen molar-refractivity contribution < 1.29 is 18.6 Å².